The minimum atomic E-state index is -0.0655. The van der Waals surface area contributed by atoms with Crippen molar-refractivity contribution >= 4 is 11.7 Å². The van der Waals surface area contributed by atoms with Crippen molar-refractivity contribution < 1.29 is 4.79 Å². The Morgan fingerprint density at radius 2 is 1.70 bits per heavy atom. The average Bonchev–Trinajstić information content (AvgIpc) is 2.38. The second-order valence-electron chi connectivity index (χ2n) is 5.89. The quantitative estimate of drug-likeness (QED) is 0.817. The first kappa shape index (κ1) is 14.9. The standard InChI is InChI=1S/C17H26N2O/c1-13-9-8-12-16(14(13)2)19-17(20)18-15-10-6-4-3-5-7-11-15/h8-9,12,15H,3-7,10-11H2,1-2H3,(H2,18,19,20). The molecule has 1 aromatic rings. The van der Waals surface area contributed by atoms with E-state index in [-0.39, 0.29) is 6.03 Å². The molecular formula is C17H26N2O. The Kier molecular flexibility index (Phi) is 5.45. The van der Waals surface area contributed by atoms with Crippen molar-refractivity contribution in [1.29, 1.82) is 0 Å². The van der Waals surface area contributed by atoms with E-state index in [0.29, 0.717) is 6.04 Å². The van der Waals surface area contributed by atoms with Crippen LogP contribution in [0, 0.1) is 13.8 Å². The molecule has 0 spiro atoms. The summed E-state index contributed by atoms with van der Waals surface area (Å²) >= 11 is 0. The van der Waals surface area contributed by atoms with Gasteiger partial charge in [-0.25, -0.2) is 4.79 Å². The van der Waals surface area contributed by atoms with E-state index >= 15 is 0 Å². The van der Waals surface area contributed by atoms with Crippen molar-refractivity contribution in [3.8, 4) is 0 Å². The summed E-state index contributed by atoms with van der Waals surface area (Å²) < 4.78 is 0. The summed E-state index contributed by atoms with van der Waals surface area (Å²) in [6, 6.07) is 6.27. The molecule has 0 aliphatic heterocycles. The Hall–Kier alpha value is -1.51. The highest BCUT2D eigenvalue weighted by molar-refractivity contribution is 5.90. The number of aryl methyl sites for hydroxylation is 1. The van der Waals surface area contributed by atoms with Gasteiger partial charge in [-0.1, -0.05) is 44.2 Å². The summed E-state index contributed by atoms with van der Waals surface area (Å²) in [4.78, 5) is 12.1. The first-order valence-corrected chi connectivity index (χ1v) is 7.80. The smallest absolute Gasteiger partial charge is 0.319 e. The van der Waals surface area contributed by atoms with Gasteiger partial charge in [0, 0.05) is 11.7 Å². The molecule has 2 N–H and O–H groups in total. The summed E-state index contributed by atoms with van der Waals surface area (Å²) in [7, 11) is 0. The van der Waals surface area contributed by atoms with E-state index in [1.54, 1.807) is 0 Å². The van der Waals surface area contributed by atoms with E-state index in [9.17, 15) is 4.79 Å². The fourth-order valence-electron chi connectivity index (χ4n) is 2.83. The second-order valence-corrected chi connectivity index (χ2v) is 5.89. The highest BCUT2D eigenvalue weighted by Crippen LogP contribution is 2.19. The van der Waals surface area contributed by atoms with Crippen LogP contribution in [0.5, 0.6) is 0 Å². The van der Waals surface area contributed by atoms with Gasteiger partial charge in [0.05, 0.1) is 0 Å². The molecule has 1 aliphatic rings. The topological polar surface area (TPSA) is 41.1 Å². The highest BCUT2D eigenvalue weighted by Gasteiger charge is 2.14. The number of benzene rings is 1. The first-order chi connectivity index (χ1) is 9.66. The lowest BCUT2D eigenvalue weighted by molar-refractivity contribution is 0.245. The molecule has 0 radical (unpaired) electrons. The van der Waals surface area contributed by atoms with Crippen molar-refractivity contribution in [2.75, 3.05) is 5.32 Å². The number of rotatable bonds is 2. The number of hydrogen-bond acceptors (Lipinski definition) is 1. The van der Waals surface area contributed by atoms with Gasteiger partial charge in [-0.2, -0.15) is 0 Å². The highest BCUT2D eigenvalue weighted by atomic mass is 16.2. The maximum absolute atomic E-state index is 12.1. The molecule has 0 atom stereocenters. The number of urea groups is 1. The van der Waals surface area contributed by atoms with E-state index in [2.05, 4.69) is 23.6 Å². The second kappa shape index (κ2) is 7.32. The van der Waals surface area contributed by atoms with Crippen LogP contribution in [0.15, 0.2) is 18.2 Å². The Morgan fingerprint density at radius 3 is 2.40 bits per heavy atom. The van der Waals surface area contributed by atoms with Crippen molar-refractivity contribution in [3.63, 3.8) is 0 Å². The van der Waals surface area contributed by atoms with Crippen LogP contribution in [0.4, 0.5) is 10.5 Å². The molecule has 2 amide bonds. The Morgan fingerprint density at radius 1 is 1.05 bits per heavy atom. The van der Waals surface area contributed by atoms with Gasteiger partial charge in [0.2, 0.25) is 0 Å². The molecule has 1 aliphatic carbocycles. The number of nitrogens with one attached hydrogen (secondary N) is 2. The van der Waals surface area contributed by atoms with Crippen LogP contribution in [0.3, 0.4) is 0 Å². The van der Waals surface area contributed by atoms with Gasteiger partial charge < -0.3 is 10.6 Å². The summed E-state index contributed by atoms with van der Waals surface area (Å²) in [6.07, 6.45) is 8.64. The Bertz CT molecular complexity index is 448. The molecule has 0 bridgehead atoms. The number of carbonyl (C=O) groups excluding carboxylic acids is 1. The maximum atomic E-state index is 12.1. The molecule has 0 unspecified atom stereocenters. The van der Waals surface area contributed by atoms with Crippen molar-refractivity contribution in [3.05, 3.63) is 29.3 Å². The zero-order valence-electron chi connectivity index (χ0n) is 12.7. The first-order valence-electron chi connectivity index (χ1n) is 7.80. The molecule has 2 rings (SSSR count). The molecule has 1 fully saturated rings. The Labute approximate surface area is 122 Å². The van der Waals surface area contributed by atoms with Crippen LogP contribution >= 0.6 is 0 Å². The average molecular weight is 274 g/mol. The summed E-state index contributed by atoms with van der Waals surface area (Å²) in [5.74, 6) is 0. The summed E-state index contributed by atoms with van der Waals surface area (Å²) in [5, 5.41) is 6.12. The molecule has 110 valence electrons. The summed E-state index contributed by atoms with van der Waals surface area (Å²) in [6.45, 7) is 4.11. The molecule has 20 heavy (non-hydrogen) atoms. The normalized spacial score (nSPS) is 17.1. The number of hydrogen-bond donors (Lipinski definition) is 2. The molecular weight excluding hydrogens is 248 g/mol. The molecule has 1 aromatic carbocycles. The van der Waals surface area contributed by atoms with Crippen molar-refractivity contribution in [1.82, 2.24) is 5.32 Å². The van der Waals surface area contributed by atoms with Crippen LogP contribution in [0.1, 0.15) is 56.1 Å². The zero-order valence-corrected chi connectivity index (χ0v) is 12.7. The van der Waals surface area contributed by atoms with Crippen LogP contribution in [-0.2, 0) is 0 Å². The SMILES string of the molecule is Cc1cccc(NC(=O)NC2CCCCCCC2)c1C. The van der Waals surface area contributed by atoms with E-state index < -0.39 is 0 Å². The maximum Gasteiger partial charge on any atom is 0.319 e. The number of anilines is 1. The van der Waals surface area contributed by atoms with Gasteiger partial charge in [0.15, 0.2) is 0 Å². The zero-order chi connectivity index (χ0) is 14.4. The van der Waals surface area contributed by atoms with Crippen LogP contribution < -0.4 is 10.6 Å². The van der Waals surface area contributed by atoms with Crippen LogP contribution in [0.25, 0.3) is 0 Å². The minimum absolute atomic E-state index is 0.0655. The predicted octanol–water partition coefficient (Wildman–Crippen LogP) is 4.54. The lowest BCUT2D eigenvalue weighted by atomic mass is 9.97. The lowest BCUT2D eigenvalue weighted by Crippen LogP contribution is -2.38. The van der Waals surface area contributed by atoms with Crippen molar-refractivity contribution in [2.45, 2.75) is 64.8 Å². The van der Waals surface area contributed by atoms with Crippen LogP contribution in [0.2, 0.25) is 0 Å². The summed E-state index contributed by atoms with van der Waals surface area (Å²) in [5.41, 5.74) is 3.25. The molecule has 0 heterocycles. The van der Waals surface area contributed by atoms with Gasteiger partial charge in [0.25, 0.3) is 0 Å². The largest absolute Gasteiger partial charge is 0.335 e. The predicted molar refractivity (Wildman–Crippen MR) is 84.2 cm³/mol. The lowest BCUT2D eigenvalue weighted by Gasteiger charge is -2.21. The molecule has 3 heteroatoms. The van der Waals surface area contributed by atoms with E-state index in [1.807, 2.05) is 19.1 Å². The minimum Gasteiger partial charge on any atom is -0.335 e. The van der Waals surface area contributed by atoms with Gasteiger partial charge in [-0.3, -0.25) is 0 Å². The molecule has 0 saturated heterocycles. The van der Waals surface area contributed by atoms with E-state index in [4.69, 9.17) is 0 Å². The van der Waals surface area contributed by atoms with Crippen LogP contribution in [-0.4, -0.2) is 12.1 Å². The van der Waals surface area contributed by atoms with Gasteiger partial charge in [-0.15, -0.1) is 0 Å². The fraction of sp³-hybridized carbons (Fsp3) is 0.588. The molecule has 0 aromatic heterocycles. The third-order valence-corrected chi connectivity index (χ3v) is 4.29. The van der Waals surface area contributed by atoms with Gasteiger partial charge >= 0.3 is 6.03 Å². The monoisotopic (exact) mass is 274 g/mol. The van der Waals surface area contributed by atoms with E-state index in [1.165, 1.54) is 37.7 Å². The van der Waals surface area contributed by atoms with E-state index in [0.717, 1.165) is 24.1 Å². The Balaban J connectivity index is 1.89. The number of carbonyl (C=O) groups is 1. The third kappa shape index (κ3) is 4.26. The number of amides is 2. The fourth-order valence-corrected chi connectivity index (χ4v) is 2.83. The molecule has 1 saturated carbocycles. The van der Waals surface area contributed by atoms with Crippen molar-refractivity contribution in [2.24, 2.45) is 0 Å². The third-order valence-electron chi connectivity index (χ3n) is 4.29. The molecule has 3 nitrogen and oxygen atoms in total. The van der Waals surface area contributed by atoms with Gasteiger partial charge in [0.1, 0.15) is 0 Å². The van der Waals surface area contributed by atoms with Gasteiger partial charge in [-0.05, 0) is 43.9 Å².